The summed E-state index contributed by atoms with van der Waals surface area (Å²) in [5, 5.41) is 0. The fraction of sp³-hybridized carbons (Fsp3) is 0.370. The van der Waals surface area contributed by atoms with Gasteiger partial charge < -0.3 is 28.4 Å². The predicted octanol–water partition coefficient (Wildman–Crippen LogP) is 4.34. The fourth-order valence-corrected chi connectivity index (χ4v) is 4.97. The molecule has 0 bridgehead atoms. The molecule has 0 N–H and O–H groups in total. The van der Waals surface area contributed by atoms with Crippen LogP contribution in [0.25, 0.3) is 5.69 Å². The summed E-state index contributed by atoms with van der Waals surface area (Å²) in [6.07, 6.45) is 1.46. The molecule has 2 aromatic carbocycles. The van der Waals surface area contributed by atoms with E-state index in [9.17, 15) is 4.79 Å². The molecule has 1 amide bonds. The van der Waals surface area contributed by atoms with Crippen LogP contribution >= 0.6 is 0 Å². The van der Waals surface area contributed by atoms with Gasteiger partial charge in [-0.15, -0.1) is 0 Å². The summed E-state index contributed by atoms with van der Waals surface area (Å²) < 4.78 is 25.1. The highest BCUT2D eigenvalue weighted by Gasteiger charge is 2.45. The summed E-state index contributed by atoms with van der Waals surface area (Å²) >= 11 is 0. The van der Waals surface area contributed by atoms with Crippen LogP contribution in [0.1, 0.15) is 34.6 Å². The SMILES string of the molecule is COCCOc1ccc(C(=O)N2CCC3(CC2)Oc2ccccc2-n2c(C)ccc23)cc1OC. The van der Waals surface area contributed by atoms with Crippen LogP contribution in [0.2, 0.25) is 0 Å². The first-order valence-corrected chi connectivity index (χ1v) is 11.6. The van der Waals surface area contributed by atoms with Crippen LogP contribution in [-0.4, -0.2) is 55.9 Å². The van der Waals surface area contributed by atoms with E-state index in [1.807, 2.05) is 23.1 Å². The third kappa shape index (κ3) is 3.80. The summed E-state index contributed by atoms with van der Waals surface area (Å²) in [7, 11) is 3.20. The number of aryl methyl sites for hydroxylation is 1. The highest BCUT2D eigenvalue weighted by atomic mass is 16.5. The fourth-order valence-electron chi connectivity index (χ4n) is 4.97. The van der Waals surface area contributed by atoms with Crippen LogP contribution < -0.4 is 14.2 Å². The first-order valence-electron chi connectivity index (χ1n) is 11.6. The molecule has 3 heterocycles. The molecule has 3 aromatic rings. The third-order valence-electron chi connectivity index (χ3n) is 6.77. The van der Waals surface area contributed by atoms with Crippen molar-refractivity contribution in [3.05, 3.63) is 71.5 Å². The molecule has 2 aliphatic rings. The molecule has 34 heavy (non-hydrogen) atoms. The van der Waals surface area contributed by atoms with Crippen molar-refractivity contribution in [3.63, 3.8) is 0 Å². The number of aromatic nitrogens is 1. The lowest BCUT2D eigenvalue weighted by Crippen LogP contribution is -2.50. The number of carbonyl (C=O) groups is 1. The zero-order valence-corrected chi connectivity index (χ0v) is 19.9. The lowest BCUT2D eigenvalue weighted by atomic mass is 9.86. The largest absolute Gasteiger partial charge is 0.493 e. The van der Waals surface area contributed by atoms with Crippen LogP contribution in [0.5, 0.6) is 17.2 Å². The Balaban J connectivity index is 1.33. The number of amides is 1. The van der Waals surface area contributed by atoms with Gasteiger partial charge in [-0.2, -0.15) is 0 Å². The van der Waals surface area contributed by atoms with Crippen molar-refractivity contribution in [2.24, 2.45) is 0 Å². The van der Waals surface area contributed by atoms with Gasteiger partial charge in [0.05, 0.1) is 25.1 Å². The Morgan fingerprint density at radius 2 is 1.79 bits per heavy atom. The molecule has 178 valence electrons. The summed E-state index contributed by atoms with van der Waals surface area (Å²) in [5.41, 5.74) is 3.57. The Kier molecular flexibility index (Phi) is 5.96. The van der Waals surface area contributed by atoms with Gasteiger partial charge in [0.25, 0.3) is 5.91 Å². The van der Waals surface area contributed by atoms with Gasteiger partial charge in [0.15, 0.2) is 17.1 Å². The summed E-state index contributed by atoms with van der Waals surface area (Å²) in [6.45, 7) is 4.24. The van der Waals surface area contributed by atoms with E-state index in [0.29, 0.717) is 43.4 Å². The molecule has 5 rings (SSSR count). The van der Waals surface area contributed by atoms with Crippen LogP contribution in [0.4, 0.5) is 0 Å². The monoisotopic (exact) mass is 462 g/mol. The zero-order chi connectivity index (χ0) is 23.7. The highest BCUT2D eigenvalue weighted by molar-refractivity contribution is 5.95. The number of hydrogen-bond donors (Lipinski definition) is 0. The first kappa shape index (κ1) is 22.3. The van der Waals surface area contributed by atoms with Gasteiger partial charge in [0.1, 0.15) is 12.4 Å². The van der Waals surface area contributed by atoms with Crippen LogP contribution in [0, 0.1) is 6.92 Å². The van der Waals surface area contributed by atoms with Gasteiger partial charge >= 0.3 is 0 Å². The second-order valence-electron chi connectivity index (χ2n) is 8.76. The number of carbonyl (C=O) groups excluding carboxylic acids is 1. The standard InChI is InChI=1S/C27H30N2O5/c1-19-8-11-25-27(34-22-7-5-4-6-21(22)29(19)25)12-14-28(15-13-27)26(30)20-9-10-23(24(18-20)32-3)33-17-16-31-2/h4-11,18H,12-17H2,1-3H3. The molecule has 1 aromatic heterocycles. The minimum absolute atomic E-state index is 0.0145. The van der Waals surface area contributed by atoms with E-state index in [1.54, 1.807) is 32.4 Å². The van der Waals surface area contributed by atoms with E-state index in [0.717, 1.165) is 30.0 Å². The van der Waals surface area contributed by atoms with Crippen molar-refractivity contribution in [1.82, 2.24) is 9.47 Å². The number of rotatable bonds is 6. The number of nitrogens with zero attached hydrogens (tertiary/aromatic N) is 2. The molecule has 0 atom stereocenters. The third-order valence-corrected chi connectivity index (χ3v) is 6.77. The van der Waals surface area contributed by atoms with E-state index < -0.39 is 5.60 Å². The number of methoxy groups -OCH3 is 2. The first-order chi connectivity index (χ1) is 16.6. The second-order valence-corrected chi connectivity index (χ2v) is 8.76. The van der Waals surface area contributed by atoms with Crippen molar-refractivity contribution in [3.8, 4) is 22.9 Å². The molecule has 1 saturated heterocycles. The maximum atomic E-state index is 13.3. The maximum Gasteiger partial charge on any atom is 0.253 e. The van der Waals surface area contributed by atoms with Crippen LogP contribution in [-0.2, 0) is 10.3 Å². The van der Waals surface area contributed by atoms with E-state index >= 15 is 0 Å². The molecule has 7 heteroatoms. The molecule has 0 aliphatic carbocycles. The van der Waals surface area contributed by atoms with E-state index in [1.165, 1.54) is 5.69 Å². The number of benzene rings is 2. The Labute approximate surface area is 199 Å². The lowest BCUT2D eigenvalue weighted by molar-refractivity contribution is -0.00947. The molecule has 1 spiro atoms. The van der Waals surface area contributed by atoms with Gasteiger partial charge in [0, 0.05) is 44.3 Å². The molecule has 1 fully saturated rings. The van der Waals surface area contributed by atoms with Crippen LogP contribution in [0.3, 0.4) is 0 Å². The Hall–Kier alpha value is -3.45. The number of hydrogen-bond acceptors (Lipinski definition) is 5. The van der Waals surface area contributed by atoms with Gasteiger partial charge in [-0.05, 0) is 49.4 Å². The number of fused-ring (bicyclic) bond motifs is 4. The average molecular weight is 463 g/mol. The highest BCUT2D eigenvalue weighted by Crippen LogP contribution is 2.46. The topological polar surface area (TPSA) is 62.2 Å². The van der Waals surface area contributed by atoms with E-state index in [4.69, 9.17) is 18.9 Å². The van der Waals surface area contributed by atoms with Gasteiger partial charge in [-0.1, -0.05) is 12.1 Å². The summed E-state index contributed by atoms with van der Waals surface area (Å²) in [4.78, 5) is 15.2. The van der Waals surface area contributed by atoms with Crippen molar-refractivity contribution in [1.29, 1.82) is 0 Å². The summed E-state index contributed by atoms with van der Waals surface area (Å²) in [5.74, 6) is 2.01. The number of ether oxygens (including phenoxy) is 4. The minimum Gasteiger partial charge on any atom is -0.493 e. The van der Waals surface area contributed by atoms with Crippen molar-refractivity contribution >= 4 is 5.91 Å². The molecular formula is C27H30N2O5. The van der Waals surface area contributed by atoms with E-state index in [-0.39, 0.29) is 5.91 Å². The van der Waals surface area contributed by atoms with Crippen molar-refractivity contribution in [2.75, 3.05) is 40.5 Å². The minimum atomic E-state index is -0.434. The van der Waals surface area contributed by atoms with Crippen molar-refractivity contribution < 1.29 is 23.7 Å². The maximum absolute atomic E-state index is 13.3. The second kappa shape index (κ2) is 9.06. The molecular weight excluding hydrogens is 432 g/mol. The van der Waals surface area contributed by atoms with Gasteiger partial charge in [0.2, 0.25) is 0 Å². The lowest BCUT2D eigenvalue weighted by Gasteiger charge is -2.45. The quantitative estimate of drug-likeness (QED) is 0.510. The van der Waals surface area contributed by atoms with Crippen LogP contribution in [0.15, 0.2) is 54.6 Å². The number of piperidine rings is 1. The molecule has 0 unspecified atom stereocenters. The predicted molar refractivity (Wildman–Crippen MR) is 128 cm³/mol. The Morgan fingerprint density at radius 3 is 2.56 bits per heavy atom. The Morgan fingerprint density at radius 1 is 1.00 bits per heavy atom. The molecule has 0 radical (unpaired) electrons. The zero-order valence-electron chi connectivity index (χ0n) is 19.9. The molecule has 2 aliphatic heterocycles. The molecule has 0 saturated carbocycles. The van der Waals surface area contributed by atoms with Gasteiger partial charge in [-0.25, -0.2) is 0 Å². The average Bonchev–Trinajstić information content (AvgIpc) is 3.27. The van der Waals surface area contributed by atoms with E-state index in [2.05, 4.69) is 29.7 Å². The number of para-hydroxylation sites is 2. The van der Waals surface area contributed by atoms with Gasteiger partial charge in [-0.3, -0.25) is 4.79 Å². The molecule has 7 nitrogen and oxygen atoms in total. The summed E-state index contributed by atoms with van der Waals surface area (Å²) in [6, 6.07) is 17.8. The smallest absolute Gasteiger partial charge is 0.253 e. The number of likely N-dealkylation sites (tertiary alicyclic amines) is 1. The van der Waals surface area contributed by atoms with Crippen molar-refractivity contribution in [2.45, 2.75) is 25.4 Å². The normalized spacial score (nSPS) is 15.9. The Bertz CT molecular complexity index is 1190.